The molecule has 7 heteroatoms. The first-order valence-electron chi connectivity index (χ1n) is 10.6. The molecule has 172 valence electrons. The number of amides is 1. The van der Waals surface area contributed by atoms with Crippen LogP contribution in [0.15, 0.2) is 66.7 Å². The van der Waals surface area contributed by atoms with Crippen LogP contribution >= 0.6 is 0 Å². The molecule has 0 radical (unpaired) electrons. The predicted molar refractivity (Wildman–Crippen MR) is 122 cm³/mol. The molecule has 0 aromatic heterocycles. The van der Waals surface area contributed by atoms with Crippen LogP contribution in [0.5, 0.6) is 23.0 Å². The number of benzene rings is 3. The van der Waals surface area contributed by atoms with E-state index in [2.05, 4.69) is 0 Å². The van der Waals surface area contributed by atoms with Gasteiger partial charge in [-0.1, -0.05) is 18.2 Å². The second-order valence-corrected chi connectivity index (χ2v) is 7.68. The number of likely N-dealkylation sites (tertiary alicyclic amines) is 1. The predicted octanol–water partition coefficient (Wildman–Crippen LogP) is 4.43. The van der Waals surface area contributed by atoms with Crippen LogP contribution in [0.2, 0.25) is 0 Å². The van der Waals surface area contributed by atoms with Gasteiger partial charge in [0.1, 0.15) is 23.4 Å². The van der Waals surface area contributed by atoms with E-state index < -0.39 is 12.1 Å². The number of ether oxygens (including phenoxy) is 4. The van der Waals surface area contributed by atoms with Crippen LogP contribution in [0.25, 0.3) is 0 Å². The number of hydrogen-bond donors (Lipinski definition) is 0. The Morgan fingerprint density at radius 1 is 0.848 bits per heavy atom. The molecule has 6 nitrogen and oxygen atoms in total. The monoisotopic (exact) mass is 451 g/mol. The van der Waals surface area contributed by atoms with Gasteiger partial charge in [0.25, 0.3) is 5.91 Å². The Bertz CT molecular complexity index is 1120. The van der Waals surface area contributed by atoms with Gasteiger partial charge in [0.2, 0.25) is 6.10 Å². The molecule has 1 amide bonds. The van der Waals surface area contributed by atoms with E-state index in [0.717, 1.165) is 5.56 Å². The molecule has 0 aliphatic carbocycles. The fourth-order valence-corrected chi connectivity index (χ4v) is 4.01. The Morgan fingerprint density at radius 3 is 2.24 bits per heavy atom. The summed E-state index contributed by atoms with van der Waals surface area (Å²) in [5.74, 6) is 2.03. The molecule has 0 N–H and O–H groups in total. The minimum absolute atomic E-state index is 0.138. The molecule has 33 heavy (non-hydrogen) atoms. The quantitative estimate of drug-likeness (QED) is 0.451. The van der Waals surface area contributed by atoms with Gasteiger partial charge in [0.15, 0.2) is 11.5 Å². The van der Waals surface area contributed by atoms with Crippen LogP contribution in [0.4, 0.5) is 4.39 Å². The lowest BCUT2D eigenvalue weighted by molar-refractivity contribution is -0.164. The number of carbonyl (C=O) groups excluding carboxylic acids is 1. The summed E-state index contributed by atoms with van der Waals surface area (Å²) in [5.41, 5.74) is 1.69. The van der Waals surface area contributed by atoms with Crippen molar-refractivity contribution in [2.75, 3.05) is 27.9 Å². The largest absolute Gasteiger partial charge is 0.497 e. The SMILES string of the molecule is COc1ccc(OC2C(=O)N(CCc3ccc(OC)c(OC)c3)C2c2cccc(F)c2)cc1. The Hall–Kier alpha value is -3.74. The Kier molecular flexibility index (Phi) is 6.68. The Morgan fingerprint density at radius 2 is 1.58 bits per heavy atom. The van der Waals surface area contributed by atoms with Gasteiger partial charge in [-0.2, -0.15) is 0 Å². The zero-order chi connectivity index (χ0) is 23.4. The molecule has 0 saturated carbocycles. The smallest absolute Gasteiger partial charge is 0.266 e. The number of methoxy groups -OCH3 is 3. The Labute approximate surface area is 192 Å². The fourth-order valence-electron chi connectivity index (χ4n) is 4.01. The van der Waals surface area contributed by atoms with E-state index in [0.29, 0.717) is 41.5 Å². The zero-order valence-corrected chi connectivity index (χ0v) is 18.8. The number of nitrogens with zero attached hydrogens (tertiary/aromatic N) is 1. The van der Waals surface area contributed by atoms with Gasteiger partial charge in [-0.15, -0.1) is 0 Å². The Balaban J connectivity index is 1.53. The summed E-state index contributed by atoms with van der Waals surface area (Å²) in [6, 6.07) is 18.6. The van der Waals surface area contributed by atoms with Gasteiger partial charge in [0, 0.05) is 6.54 Å². The summed E-state index contributed by atoms with van der Waals surface area (Å²) >= 11 is 0. The summed E-state index contributed by atoms with van der Waals surface area (Å²) in [6.07, 6.45) is -0.127. The topological polar surface area (TPSA) is 57.2 Å². The number of β-lactam (4-membered cyclic amide) rings is 1. The molecule has 3 aromatic carbocycles. The molecule has 0 spiro atoms. The van der Waals surface area contributed by atoms with Crippen molar-refractivity contribution in [2.24, 2.45) is 0 Å². The lowest BCUT2D eigenvalue weighted by Crippen LogP contribution is -2.61. The number of carbonyl (C=O) groups is 1. The molecule has 3 aromatic rings. The summed E-state index contributed by atoms with van der Waals surface area (Å²) in [7, 11) is 4.76. The summed E-state index contributed by atoms with van der Waals surface area (Å²) in [6.45, 7) is 0.456. The highest BCUT2D eigenvalue weighted by molar-refractivity contribution is 5.89. The zero-order valence-electron chi connectivity index (χ0n) is 18.8. The van der Waals surface area contributed by atoms with Crippen molar-refractivity contribution in [1.82, 2.24) is 4.90 Å². The highest BCUT2D eigenvalue weighted by atomic mass is 19.1. The normalized spacial score (nSPS) is 17.3. The molecule has 1 heterocycles. The summed E-state index contributed by atoms with van der Waals surface area (Å²) < 4.78 is 35.8. The van der Waals surface area contributed by atoms with Gasteiger partial charge in [-0.25, -0.2) is 4.39 Å². The van der Waals surface area contributed by atoms with Crippen molar-refractivity contribution in [2.45, 2.75) is 18.6 Å². The van der Waals surface area contributed by atoms with Crippen molar-refractivity contribution in [3.63, 3.8) is 0 Å². The average Bonchev–Trinajstić information content (AvgIpc) is 2.85. The van der Waals surface area contributed by atoms with Gasteiger partial charge >= 0.3 is 0 Å². The van der Waals surface area contributed by atoms with E-state index in [1.807, 2.05) is 24.3 Å². The molecule has 1 aliphatic heterocycles. The summed E-state index contributed by atoms with van der Waals surface area (Å²) in [4.78, 5) is 14.8. The lowest BCUT2D eigenvalue weighted by atomic mass is 9.89. The van der Waals surface area contributed by atoms with Crippen LogP contribution in [-0.2, 0) is 11.2 Å². The fraction of sp³-hybridized carbons (Fsp3) is 0.269. The van der Waals surface area contributed by atoms with Gasteiger partial charge in [0.05, 0.1) is 21.3 Å². The highest BCUT2D eigenvalue weighted by Gasteiger charge is 2.49. The minimum atomic E-state index is -0.731. The number of hydrogen-bond acceptors (Lipinski definition) is 5. The minimum Gasteiger partial charge on any atom is -0.497 e. The molecule has 1 fully saturated rings. The van der Waals surface area contributed by atoms with Crippen LogP contribution in [-0.4, -0.2) is 44.8 Å². The van der Waals surface area contributed by atoms with E-state index in [1.54, 1.807) is 56.6 Å². The lowest BCUT2D eigenvalue weighted by Gasteiger charge is -2.47. The van der Waals surface area contributed by atoms with Crippen molar-refractivity contribution in [3.8, 4) is 23.0 Å². The molecule has 2 atom stereocenters. The molecular formula is C26H26FNO5. The van der Waals surface area contributed by atoms with Gasteiger partial charge < -0.3 is 23.8 Å². The van der Waals surface area contributed by atoms with Crippen molar-refractivity contribution >= 4 is 5.91 Å². The van der Waals surface area contributed by atoms with Crippen LogP contribution in [0.3, 0.4) is 0 Å². The third-order valence-electron chi connectivity index (χ3n) is 5.75. The van der Waals surface area contributed by atoms with Crippen LogP contribution in [0.1, 0.15) is 17.2 Å². The van der Waals surface area contributed by atoms with E-state index in [4.69, 9.17) is 18.9 Å². The number of rotatable bonds is 9. The van der Waals surface area contributed by atoms with E-state index >= 15 is 0 Å². The van der Waals surface area contributed by atoms with Crippen molar-refractivity contribution in [3.05, 3.63) is 83.7 Å². The molecule has 1 aliphatic rings. The summed E-state index contributed by atoms with van der Waals surface area (Å²) in [5, 5.41) is 0. The van der Waals surface area contributed by atoms with E-state index in [-0.39, 0.29) is 11.7 Å². The molecule has 4 rings (SSSR count). The maximum atomic E-state index is 14.0. The first kappa shape index (κ1) is 22.5. The van der Waals surface area contributed by atoms with E-state index in [1.165, 1.54) is 12.1 Å². The maximum Gasteiger partial charge on any atom is 0.266 e. The second-order valence-electron chi connectivity index (χ2n) is 7.68. The van der Waals surface area contributed by atoms with Crippen LogP contribution < -0.4 is 18.9 Å². The average molecular weight is 451 g/mol. The van der Waals surface area contributed by atoms with E-state index in [9.17, 15) is 9.18 Å². The molecule has 1 saturated heterocycles. The third-order valence-corrected chi connectivity index (χ3v) is 5.75. The second kappa shape index (κ2) is 9.81. The highest BCUT2D eigenvalue weighted by Crippen LogP contribution is 2.38. The first-order chi connectivity index (χ1) is 16.0. The third kappa shape index (κ3) is 4.72. The molecule has 0 bridgehead atoms. The standard InChI is InChI=1S/C26H26FNO5/c1-30-20-8-10-21(11-9-20)33-25-24(18-5-4-6-19(27)16-18)28(26(25)29)14-13-17-7-12-22(31-2)23(15-17)32-3/h4-12,15-16,24-25H,13-14H2,1-3H3. The maximum absolute atomic E-state index is 14.0. The van der Waals surface area contributed by atoms with Gasteiger partial charge in [-0.05, 0) is 66.1 Å². The molecular weight excluding hydrogens is 425 g/mol. The first-order valence-corrected chi connectivity index (χ1v) is 10.6. The van der Waals surface area contributed by atoms with Crippen molar-refractivity contribution in [1.29, 1.82) is 0 Å². The molecule has 2 unspecified atom stereocenters. The van der Waals surface area contributed by atoms with Gasteiger partial charge in [-0.3, -0.25) is 4.79 Å². The van der Waals surface area contributed by atoms with Crippen LogP contribution in [0, 0.1) is 5.82 Å². The number of halogens is 1. The van der Waals surface area contributed by atoms with Crippen molar-refractivity contribution < 1.29 is 28.1 Å².